The molecule has 88 valence electrons. The summed E-state index contributed by atoms with van der Waals surface area (Å²) in [4.78, 5) is 2.05. The maximum absolute atomic E-state index is 13.6. The third kappa shape index (κ3) is 2.42. The van der Waals surface area contributed by atoms with Crippen LogP contribution in [0.5, 0.6) is 0 Å². The van der Waals surface area contributed by atoms with Crippen LogP contribution in [-0.4, -0.2) is 36.8 Å². The molecule has 1 aliphatic heterocycles. The maximum Gasteiger partial charge on any atom is 0.123 e. The lowest BCUT2D eigenvalue weighted by Gasteiger charge is -2.36. The Morgan fingerprint density at radius 1 is 1.50 bits per heavy atom. The Bertz CT molecular complexity index is 497. The number of hydrogen-bond donors (Lipinski definition) is 1. The molecule has 1 aliphatic rings. The molecule has 0 bridgehead atoms. The van der Waals surface area contributed by atoms with Gasteiger partial charge in [-0.3, -0.25) is 0 Å². The number of hydrogen-bond acceptors (Lipinski definition) is 2. The van der Waals surface area contributed by atoms with Crippen LogP contribution in [0.15, 0.2) is 24.2 Å². The lowest BCUT2D eigenvalue weighted by Crippen LogP contribution is -2.38. The van der Waals surface area contributed by atoms with E-state index in [2.05, 4.69) is 4.90 Å². The van der Waals surface area contributed by atoms with Crippen molar-refractivity contribution in [2.75, 3.05) is 26.7 Å². The van der Waals surface area contributed by atoms with Crippen LogP contribution in [0, 0.1) is 11.7 Å². The summed E-state index contributed by atoms with van der Waals surface area (Å²) in [5.41, 5.74) is 0.230. The van der Waals surface area contributed by atoms with E-state index in [1.54, 1.807) is 0 Å². The standard InChI is InChI=1S/C13H18FNO/c1-15-7-6-13(11(8-15)9-16)10-2-4-12(14)5-3-10/h2-5,11,13,16H,6-9H2,1H3/t11-,13-/m0/s1/i2D,3D,4D,5D. The molecule has 0 aromatic heterocycles. The van der Waals surface area contributed by atoms with E-state index in [9.17, 15) is 9.50 Å². The van der Waals surface area contributed by atoms with Crippen molar-refractivity contribution in [3.63, 3.8) is 0 Å². The smallest absolute Gasteiger partial charge is 0.123 e. The zero-order valence-electron chi connectivity index (χ0n) is 13.3. The first-order valence-corrected chi connectivity index (χ1v) is 5.43. The van der Waals surface area contributed by atoms with Crippen LogP contribution in [0.3, 0.4) is 0 Å². The molecule has 1 heterocycles. The molecule has 0 radical (unpaired) electrons. The van der Waals surface area contributed by atoms with E-state index in [4.69, 9.17) is 5.48 Å². The molecule has 1 N–H and O–H groups in total. The highest BCUT2D eigenvalue weighted by atomic mass is 19.1. The molecule has 0 spiro atoms. The number of rotatable bonds is 2. The van der Waals surface area contributed by atoms with Gasteiger partial charge in [0.05, 0.1) is 5.48 Å². The van der Waals surface area contributed by atoms with E-state index >= 15 is 0 Å². The maximum atomic E-state index is 13.6. The normalized spacial score (nSPS) is 30.4. The summed E-state index contributed by atoms with van der Waals surface area (Å²) in [5.74, 6) is -1.55. The van der Waals surface area contributed by atoms with Gasteiger partial charge in [-0.15, -0.1) is 0 Å². The molecule has 2 rings (SSSR count). The minimum atomic E-state index is -1.11. The Morgan fingerprint density at radius 3 is 2.81 bits per heavy atom. The molecule has 0 amide bonds. The Labute approximate surface area is 101 Å². The molecule has 1 aromatic carbocycles. The fraction of sp³-hybridized carbons (Fsp3) is 0.538. The van der Waals surface area contributed by atoms with E-state index in [0.717, 1.165) is 6.54 Å². The van der Waals surface area contributed by atoms with Gasteiger partial charge in [-0.25, -0.2) is 4.39 Å². The number of halogens is 1. The third-order valence-electron chi connectivity index (χ3n) is 3.16. The zero-order chi connectivity index (χ0) is 15.0. The number of likely N-dealkylation sites (tertiary alicyclic amines) is 1. The number of aliphatic hydroxyl groups excluding tert-OH is 1. The van der Waals surface area contributed by atoms with Crippen molar-refractivity contribution < 1.29 is 15.0 Å². The van der Waals surface area contributed by atoms with Crippen molar-refractivity contribution in [3.05, 3.63) is 35.6 Å². The van der Waals surface area contributed by atoms with Crippen LogP contribution >= 0.6 is 0 Å². The summed E-state index contributed by atoms with van der Waals surface area (Å²) >= 11 is 0. The number of nitrogens with zero attached hydrogens (tertiary/aromatic N) is 1. The molecule has 0 aliphatic carbocycles. The monoisotopic (exact) mass is 227 g/mol. The Hall–Kier alpha value is -0.930. The van der Waals surface area contributed by atoms with Gasteiger partial charge in [0.15, 0.2) is 0 Å². The predicted octanol–water partition coefficient (Wildman–Crippen LogP) is 1.85. The van der Waals surface area contributed by atoms with Crippen LogP contribution in [0.25, 0.3) is 0 Å². The number of aliphatic hydroxyl groups is 1. The lowest BCUT2D eigenvalue weighted by atomic mass is 9.81. The van der Waals surface area contributed by atoms with Gasteiger partial charge in [0.2, 0.25) is 0 Å². The molecule has 1 saturated heterocycles. The first-order chi connectivity index (χ1) is 9.38. The summed E-state index contributed by atoms with van der Waals surface area (Å²) in [6.45, 7) is 1.28. The highest BCUT2D eigenvalue weighted by molar-refractivity contribution is 5.22. The van der Waals surface area contributed by atoms with Crippen molar-refractivity contribution >= 4 is 0 Å². The highest BCUT2D eigenvalue weighted by Crippen LogP contribution is 2.32. The second-order valence-electron chi connectivity index (χ2n) is 4.33. The molecular weight excluding hydrogens is 205 g/mol. The summed E-state index contributed by atoms with van der Waals surface area (Å²) in [6.07, 6.45) is 0.629. The van der Waals surface area contributed by atoms with Crippen LogP contribution in [0.1, 0.15) is 23.4 Å². The fourth-order valence-electron chi connectivity index (χ4n) is 2.27. The van der Waals surface area contributed by atoms with E-state index < -0.39 is 17.9 Å². The summed E-state index contributed by atoms with van der Waals surface area (Å²) < 4.78 is 44.5. The van der Waals surface area contributed by atoms with Crippen molar-refractivity contribution in [2.45, 2.75) is 12.3 Å². The fourth-order valence-corrected chi connectivity index (χ4v) is 2.27. The summed E-state index contributed by atoms with van der Waals surface area (Å²) in [5, 5.41) is 9.50. The molecule has 3 heteroatoms. The second-order valence-corrected chi connectivity index (χ2v) is 4.33. The summed E-state index contributed by atoms with van der Waals surface area (Å²) in [6, 6.07) is -1.90. The van der Waals surface area contributed by atoms with Gasteiger partial charge in [-0.05, 0) is 43.6 Å². The zero-order valence-corrected chi connectivity index (χ0v) is 9.26. The first kappa shape index (κ1) is 7.41. The van der Waals surface area contributed by atoms with Crippen molar-refractivity contribution in [3.8, 4) is 0 Å². The Kier molecular flexibility index (Phi) is 2.28. The molecule has 1 aromatic rings. The largest absolute Gasteiger partial charge is 0.396 e. The first-order valence-electron chi connectivity index (χ1n) is 7.43. The molecular formula is C13H18FNO. The van der Waals surface area contributed by atoms with E-state index in [0.29, 0.717) is 13.0 Å². The topological polar surface area (TPSA) is 23.5 Å². The predicted molar refractivity (Wildman–Crippen MR) is 61.8 cm³/mol. The van der Waals surface area contributed by atoms with Gasteiger partial charge >= 0.3 is 0 Å². The van der Waals surface area contributed by atoms with Crippen molar-refractivity contribution in [1.29, 1.82) is 0 Å². The third-order valence-corrected chi connectivity index (χ3v) is 3.16. The van der Waals surface area contributed by atoms with Gasteiger partial charge in [0, 0.05) is 19.1 Å². The highest BCUT2D eigenvalue weighted by Gasteiger charge is 2.28. The van der Waals surface area contributed by atoms with Gasteiger partial charge in [-0.2, -0.15) is 0 Å². The molecule has 16 heavy (non-hydrogen) atoms. The lowest BCUT2D eigenvalue weighted by molar-refractivity contribution is 0.118. The van der Waals surface area contributed by atoms with Crippen molar-refractivity contribution in [2.24, 2.45) is 5.92 Å². The molecule has 0 unspecified atom stereocenters. The van der Waals surface area contributed by atoms with Crippen LogP contribution in [0.4, 0.5) is 4.39 Å². The van der Waals surface area contributed by atoms with Gasteiger partial charge in [0.1, 0.15) is 5.82 Å². The van der Waals surface area contributed by atoms with Gasteiger partial charge in [0.25, 0.3) is 0 Å². The second kappa shape index (κ2) is 4.93. The van der Waals surface area contributed by atoms with Gasteiger partial charge < -0.3 is 10.0 Å². The number of piperidine rings is 1. The minimum absolute atomic E-state index is 0.0913. The summed E-state index contributed by atoms with van der Waals surface area (Å²) in [7, 11) is 1.93. The molecule has 2 atom stereocenters. The SMILES string of the molecule is [2H]c1c([2H])c([C@@H]2CCN(C)C[C@H]2CO)c([2H])c([2H])c1F. The van der Waals surface area contributed by atoms with E-state index in [1.807, 2.05) is 7.05 Å². The van der Waals surface area contributed by atoms with Crippen LogP contribution in [0.2, 0.25) is 0 Å². The van der Waals surface area contributed by atoms with Crippen LogP contribution < -0.4 is 0 Å². The van der Waals surface area contributed by atoms with Gasteiger partial charge in [-0.1, -0.05) is 12.1 Å². The molecule has 2 nitrogen and oxygen atoms in total. The average molecular weight is 227 g/mol. The van der Waals surface area contributed by atoms with E-state index in [-0.39, 0.29) is 36.1 Å². The Balaban J connectivity index is 2.52. The molecule has 0 saturated carbocycles. The van der Waals surface area contributed by atoms with Crippen LogP contribution in [-0.2, 0) is 0 Å². The minimum Gasteiger partial charge on any atom is -0.396 e. The van der Waals surface area contributed by atoms with E-state index in [1.165, 1.54) is 0 Å². The number of benzene rings is 1. The quantitative estimate of drug-likeness (QED) is 0.833. The van der Waals surface area contributed by atoms with Crippen molar-refractivity contribution in [1.82, 2.24) is 4.90 Å². The average Bonchev–Trinajstić information content (AvgIpc) is 2.44. The molecule has 1 fully saturated rings. The Morgan fingerprint density at radius 2 is 2.19 bits per heavy atom.